The monoisotopic (exact) mass is 332 g/mol. The smallest absolute Gasteiger partial charge is 0.257 e. The van der Waals surface area contributed by atoms with Crippen LogP contribution in [0, 0.1) is 6.92 Å². The van der Waals surface area contributed by atoms with E-state index in [9.17, 15) is 4.79 Å². The van der Waals surface area contributed by atoms with Crippen LogP contribution in [0.5, 0.6) is 0 Å². The third-order valence-corrected chi connectivity index (χ3v) is 3.80. The summed E-state index contributed by atoms with van der Waals surface area (Å²) in [6, 6.07) is 9.42. The normalized spacial score (nSPS) is 10.9. The lowest BCUT2D eigenvalue weighted by Crippen LogP contribution is -2.11. The molecule has 1 N–H and O–H groups in total. The summed E-state index contributed by atoms with van der Waals surface area (Å²) in [5.74, 6) is -0.209. The van der Waals surface area contributed by atoms with Crippen LogP contribution in [0.3, 0.4) is 0 Å². The fraction of sp³-hybridized carbons (Fsp3) is 0.111. The molecule has 124 valence electrons. The Bertz CT molecular complexity index is 998. The third-order valence-electron chi connectivity index (χ3n) is 3.80. The summed E-state index contributed by atoms with van der Waals surface area (Å²) in [4.78, 5) is 20.9. The lowest BCUT2D eigenvalue weighted by atomic mass is 10.2. The first-order valence-electron chi connectivity index (χ1n) is 7.86. The molecule has 4 aromatic heterocycles. The first-order valence-corrected chi connectivity index (χ1v) is 7.86. The van der Waals surface area contributed by atoms with Crippen LogP contribution >= 0.6 is 0 Å². The van der Waals surface area contributed by atoms with Gasteiger partial charge >= 0.3 is 0 Å². The molecule has 0 unspecified atom stereocenters. The fourth-order valence-electron chi connectivity index (χ4n) is 2.55. The van der Waals surface area contributed by atoms with Gasteiger partial charge in [0.15, 0.2) is 0 Å². The fourth-order valence-corrected chi connectivity index (χ4v) is 2.55. The Balaban J connectivity index is 1.46. The van der Waals surface area contributed by atoms with Crippen molar-refractivity contribution in [3.63, 3.8) is 0 Å². The maximum Gasteiger partial charge on any atom is 0.257 e. The van der Waals surface area contributed by atoms with Crippen molar-refractivity contribution in [2.75, 3.05) is 5.32 Å². The van der Waals surface area contributed by atoms with E-state index in [0.29, 0.717) is 17.8 Å². The Hall–Kier alpha value is -3.48. The van der Waals surface area contributed by atoms with Gasteiger partial charge in [-0.15, -0.1) is 0 Å². The highest BCUT2D eigenvalue weighted by atomic mass is 16.1. The Morgan fingerprint density at radius 2 is 2.08 bits per heavy atom. The minimum Gasteiger partial charge on any atom is -0.319 e. The second-order valence-corrected chi connectivity index (χ2v) is 5.77. The number of rotatable bonds is 4. The molecule has 1 amide bonds. The van der Waals surface area contributed by atoms with E-state index in [4.69, 9.17) is 0 Å². The number of imidazole rings is 1. The van der Waals surface area contributed by atoms with Crippen LogP contribution in [0.25, 0.3) is 5.65 Å². The number of aromatic nitrogens is 5. The quantitative estimate of drug-likeness (QED) is 0.623. The van der Waals surface area contributed by atoms with Crippen molar-refractivity contribution in [3.8, 4) is 0 Å². The van der Waals surface area contributed by atoms with E-state index in [1.165, 1.54) is 0 Å². The van der Waals surface area contributed by atoms with Crippen LogP contribution in [0.2, 0.25) is 0 Å². The van der Waals surface area contributed by atoms with Crippen molar-refractivity contribution in [3.05, 3.63) is 78.3 Å². The van der Waals surface area contributed by atoms with Gasteiger partial charge in [0, 0.05) is 30.5 Å². The maximum atomic E-state index is 12.2. The van der Waals surface area contributed by atoms with Crippen LogP contribution in [0.4, 0.5) is 5.69 Å². The molecule has 0 radical (unpaired) electrons. The SMILES string of the molecule is Cc1ccc(C(=O)Nc2cnn(Cc3cn4ccccc4n3)c2)cn1. The van der Waals surface area contributed by atoms with Crippen LogP contribution in [-0.4, -0.2) is 30.1 Å². The number of carbonyl (C=O) groups is 1. The molecule has 4 aromatic rings. The van der Waals surface area contributed by atoms with Gasteiger partial charge in [-0.05, 0) is 31.2 Å². The van der Waals surface area contributed by atoms with Gasteiger partial charge in [-0.25, -0.2) is 4.98 Å². The second-order valence-electron chi connectivity index (χ2n) is 5.77. The highest BCUT2D eigenvalue weighted by molar-refractivity contribution is 6.03. The molecule has 0 aromatic carbocycles. The van der Waals surface area contributed by atoms with Crippen molar-refractivity contribution in [1.82, 2.24) is 24.1 Å². The summed E-state index contributed by atoms with van der Waals surface area (Å²) in [5, 5.41) is 7.10. The molecule has 0 saturated heterocycles. The van der Waals surface area contributed by atoms with E-state index in [1.807, 2.05) is 48.0 Å². The number of hydrogen-bond acceptors (Lipinski definition) is 4. The topological polar surface area (TPSA) is 77.1 Å². The maximum absolute atomic E-state index is 12.2. The van der Waals surface area contributed by atoms with Gasteiger partial charge < -0.3 is 9.72 Å². The number of carbonyl (C=O) groups excluding carboxylic acids is 1. The molecule has 4 rings (SSSR count). The average molecular weight is 332 g/mol. The predicted molar refractivity (Wildman–Crippen MR) is 93.4 cm³/mol. The molecule has 0 aliphatic carbocycles. The summed E-state index contributed by atoms with van der Waals surface area (Å²) in [6.07, 6.45) is 8.88. The van der Waals surface area contributed by atoms with Crippen molar-refractivity contribution < 1.29 is 4.79 Å². The summed E-state index contributed by atoms with van der Waals surface area (Å²) in [6.45, 7) is 2.41. The molecular formula is C18H16N6O. The lowest BCUT2D eigenvalue weighted by molar-refractivity contribution is 0.102. The van der Waals surface area contributed by atoms with E-state index < -0.39 is 0 Å². The molecule has 0 saturated carbocycles. The van der Waals surface area contributed by atoms with Crippen molar-refractivity contribution in [2.24, 2.45) is 0 Å². The Morgan fingerprint density at radius 3 is 2.88 bits per heavy atom. The zero-order valence-electron chi connectivity index (χ0n) is 13.6. The molecule has 0 aliphatic heterocycles. The highest BCUT2D eigenvalue weighted by Gasteiger charge is 2.09. The minimum atomic E-state index is -0.209. The zero-order chi connectivity index (χ0) is 17.2. The molecular weight excluding hydrogens is 316 g/mol. The molecule has 4 heterocycles. The highest BCUT2D eigenvalue weighted by Crippen LogP contribution is 2.11. The van der Waals surface area contributed by atoms with E-state index >= 15 is 0 Å². The molecule has 0 spiro atoms. The van der Waals surface area contributed by atoms with Gasteiger partial charge in [0.2, 0.25) is 0 Å². The summed E-state index contributed by atoms with van der Waals surface area (Å²) in [7, 11) is 0. The number of amides is 1. The number of anilines is 1. The first-order chi connectivity index (χ1) is 12.2. The molecule has 0 aliphatic rings. The van der Waals surface area contributed by atoms with Gasteiger partial charge in [-0.3, -0.25) is 14.5 Å². The Labute approximate surface area is 144 Å². The molecule has 25 heavy (non-hydrogen) atoms. The molecule has 0 fully saturated rings. The van der Waals surface area contributed by atoms with E-state index in [-0.39, 0.29) is 5.91 Å². The van der Waals surface area contributed by atoms with Crippen LogP contribution in [-0.2, 0) is 6.54 Å². The number of fused-ring (bicyclic) bond motifs is 1. The molecule has 0 bridgehead atoms. The largest absolute Gasteiger partial charge is 0.319 e. The zero-order valence-corrected chi connectivity index (χ0v) is 13.6. The third kappa shape index (κ3) is 3.25. The Kier molecular flexibility index (Phi) is 3.74. The Morgan fingerprint density at radius 1 is 1.16 bits per heavy atom. The van der Waals surface area contributed by atoms with E-state index in [0.717, 1.165) is 17.0 Å². The predicted octanol–water partition coefficient (Wildman–Crippen LogP) is 2.53. The van der Waals surface area contributed by atoms with Crippen molar-refractivity contribution >= 4 is 17.2 Å². The summed E-state index contributed by atoms with van der Waals surface area (Å²) >= 11 is 0. The number of nitrogens with one attached hydrogen (secondary N) is 1. The first kappa shape index (κ1) is 15.1. The van der Waals surface area contributed by atoms with Gasteiger partial charge in [-0.2, -0.15) is 5.10 Å². The molecule has 7 nitrogen and oxygen atoms in total. The van der Waals surface area contributed by atoms with E-state index in [1.54, 1.807) is 29.3 Å². The molecule has 0 atom stereocenters. The van der Waals surface area contributed by atoms with Crippen LogP contribution in [0.15, 0.2) is 61.3 Å². The average Bonchev–Trinajstić information content (AvgIpc) is 3.21. The molecule has 7 heteroatoms. The minimum absolute atomic E-state index is 0.209. The lowest BCUT2D eigenvalue weighted by Gasteiger charge is -2.02. The summed E-state index contributed by atoms with van der Waals surface area (Å²) in [5.41, 5.74) is 3.81. The number of hydrogen-bond donors (Lipinski definition) is 1. The van der Waals surface area contributed by atoms with Crippen molar-refractivity contribution in [2.45, 2.75) is 13.5 Å². The van der Waals surface area contributed by atoms with E-state index in [2.05, 4.69) is 20.4 Å². The standard InChI is InChI=1S/C18H16N6O/c1-13-5-6-14(8-19-13)18(25)22-15-9-20-24(11-15)12-16-10-23-7-3-2-4-17(23)21-16/h2-11H,12H2,1H3,(H,22,25). The van der Waals surface area contributed by atoms with Crippen molar-refractivity contribution in [1.29, 1.82) is 0 Å². The van der Waals surface area contributed by atoms with Crippen LogP contribution in [0.1, 0.15) is 21.7 Å². The summed E-state index contributed by atoms with van der Waals surface area (Å²) < 4.78 is 3.71. The number of nitrogens with zero attached hydrogens (tertiary/aromatic N) is 5. The van der Waals surface area contributed by atoms with Gasteiger partial charge in [0.25, 0.3) is 5.91 Å². The van der Waals surface area contributed by atoms with Gasteiger partial charge in [0.05, 0.1) is 29.7 Å². The van der Waals surface area contributed by atoms with Gasteiger partial charge in [-0.1, -0.05) is 6.07 Å². The second kappa shape index (κ2) is 6.20. The van der Waals surface area contributed by atoms with Crippen LogP contribution < -0.4 is 5.32 Å². The van der Waals surface area contributed by atoms with Gasteiger partial charge in [0.1, 0.15) is 5.65 Å². The number of pyridine rings is 2. The number of aryl methyl sites for hydroxylation is 1.